The van der Waals surface area contributed by atoms with Crippen LogP contribution in [0.2, 0.25) is 0 Å². The number of carbonyl (C=O) groups is 1. The highest BCUT2D eigenvalue weighted by Gasteiger charge is 2.22. The number of aromatic amines is 2. The number of imidazole rings is 1. The van der Waals surface area contributed by atoms with Gasteiger partial charge in [-0.3, -0.25) is 4.79 Å². The van der Waals surface area contributed by atoms with E-state index in [1.54, 1.807) is 42.5 Å². The first-order valence-corrected chi connectivity index (χ1v) is 9.09. The van der Waals surface area contributed by atoms with Crippen LogP contribution in [-0.2, 0) is 4.74 Å². The van der Waals surface area contributed by atoms with E-state index in [1.807, 2.05) is 12.1 Å². The van der Waals surface area contributed by atoms with Gasteiger partial charge in [0.25, 0.3) is 5.56 Å². The quantitative estimate of drug-likeness (QED) is 0.273. The van der Waals surface area contributed by atoms with Crippen LogP contribution in [0.4, 0.5) is 0 Å². The summed E-state index contributed by atoms with van der Waals surface area (Å²) in [5.41, 5.74) is 0.712. The highest BCUT2D eigenvalue weighted by atomic mass is 16.6. The second kappa shape index (κ2) is 7.56. The van der Waals surface area contributed by atoms with Gasteiger partial charge in [-0.1, -0.05) is 30.3 Å². The van der Waals surface area contributed by atoms with Crippen LogP contribution in [-0.4, -0.2) is 32.1 Å². The number of aromatic nitrogens is 3. The molecule has 148 valence electrons. The molecule has 2 aromatic heterocycles. The smallest absolute Gasteiger partial charge is 0.355 e. The fourth-order valence-corrected chi connectivity index (χ4v) is 3.11. The molecule has 0 bridgehead atoms. The van der Waals surface area contributed by atoms with Crippen LogP contribution in [0.25, 0.3) is 27.4 Å². The maximum Gasteiger partial charge on any atom is 0.355 e. The second-order valence-corrected chi connectivity index (χ2v) is 6.62. The molecule has 30 heavy (non-hydrogen) atoms. The van der Waals surface area contributed by atoms with Gasteiger partial charge in [-0.25, -0.2) is 9.78 Å². The first-order valence-electron chi connectivity index (χ1n) is 9.09. The van der Waals surface area contributed by atoms with Gasteiger partial charge in [0.05, 0.1) is 11.0 Å². The molecule has 0 saturated heterocycles. The van der Waals surface area contributed by atoms with E-state index in [-0.39, 0.29) is 17.1 Å². The van der Waals surface area contributed by atoms with Crippen molar-refractivity contribution < 1.29 is 14.6 Å². The standard InChI is InChI=1S/C22H16N4O4/c1-12(19(27)15(11-23)20-24-16-8-4-5-9-17(16)25-20)30-22(29)18-10-13-6-2-3-7-14(13)21(28)26-18/h2-10,12,27H,1H3,(H,24,25)(H,26,28)/b19-15-/t12-/m0/s1. The average Bonchev–Trinajstić information content (AvgIpc) is 3.17. The van der Waals surface area contributed by atoms with E-state index >= 15 is 0 Å². The van der Waals surface area contributed by atoms with Crippen molar-refractivity contribution in [2.45, 2.75) is 13.0 Å². The second-order valence-electron chi connectivity index (χ2n) is 6.62. The number of pyridine rings is 1. The normalized spacial score (nSPS) is 12.9. The zero-order chi connectivity index (χ0) is 21.3. The van der Waals surface area contributed by atoms with Gasteiger partial charge in [-0.05, 0) is 36.6 Å². The minimum absolute atomic E-state index is 0.0550. The maximum absolute atomic E-state index is 12.5. The lowest BCUT2D eigenvalue weighted by Gasteiger charge is -2.13. The minimum atomic E-state index is -1.14. The number of nitriles is 1. The van der Waals surface area contributed by atoms with Crippen molar-refractivity contribution in [2.75, 3.05) is 0 Å². The fraction of sp³-hybridized carbons (Fsp3) is 0.0909. The number of hydrogen-bond donors (Lipinski definition) is 3. The number of carbonyl (C=O) groups excluding carboxylic acids is 1. The number of H-pyrrole nitrogens is 2. The number of allylic oxidation sites excluding steroid dienone is 1. The molecule has 0 aliphatic rings. The lowest BCUT2D eigenvalue weighted by molar-refractivity contribution is 0.0327. The van der Waals surface area contributed by atoms with Crippen LogP contribution < -0.4 is 5.56 Å². The summed E-state index contributed by atoms with van der Waals surface area (Å²) in [5.74, 6) is -1.12. The summed E-state index contributed by atoms with van der Waals surface area (Å²) in [6.07, 6.45) is -1.14. The zero-order valence-electron chi connectivity index (χ0n) is 15.8. The predicted octanol–water partition coefficient (Wildman–Crippen LogP) is 3.44. The monoisotopic (exact) mass is 400 g/mol. The average molecular weight is 400 g/mol. The molecule has 0 spiro atoms. The van der Waals surface area contributed by atoms with Gasteiger partial charge < -0.3 is 19.8 Å². The highest BCUT2D eigenvalue weighted by molar-refractivity contribution is 5.93. The molecule has 0 aliphatic heterocycles. The number of nitrogens with one attached hydrogen (secondary N) is 2. The van der Waals surface area contributed by atoms with Crippen molar-refractivity contribution in [3.63, 3.8) is 0 Å². The predicted molar refractivity (Wildman–Crippen MR) is 111 cm³/mol. The van der Waals surface area contributed by atoms with Crippen LogP contribution in [0.3, 0.4) is 0 Å². The number of hydrogen-bond acceptors (Lipinski definition) is 6. The number of rotatable bonds is 4. The van der Waals surface area contributed by atoms with Gasteiger partial charge in [0.1, 0.15) is 17.3 Å². The van der Waals surface area contributed by atoms with E-state index in [0.29, 0.717) is 21.8 Å². The molecular weight excluding hydrogens is 384 g/mol. The van der Waals surface area contributed by atoms with Crippen molar-refractivity contribution in [2.24, 2.45) is 0 Å². The van der Waals surface area contributed by atoms with Crippen LogP contribution >= 0.6 is 0 Å². The summed E-state index contributed by atoms with van der Waals surface area (Å²) < 4.78 is 5.27. The Hall–Kier alpha value is -4.38. The van der Waals surface area contributed by atoms with E-state index in [1.165, 1.54) is 13.0 Å². The van der Waals surface area contributed by atoms with Gasteiger partial charge in [0.15, 0.2) is 17.7 Å². The van der Waals surface area contributed by atoms with Crippen LogP contribution in [0.15, 0.2) is 65.2 Å². The summed E-state index contributed by atoms with van der Waals surface area (Å²) in [7, 11) is 0. The Morgan fingerprint density at radius 2 is 1.90 bits per heavy atom. The third kappa shape index (κ3) is 3.40. The van der Waals surface area contributed by atoms with Gasteiger partial charge in [-0.15, -0.1) is 0 Å². The minimum Gasteiger partial charge on any atom is -0.507 e. The first-order chi connectivity index (χ1) is 14.5. The lowest BCUT2D eigenvalue weighted by Crippen LogP contribution is -2.21. The zero-order valence-corrected chi connectivity index (χ0v) is 15.8. The molecule has 2 heterocycles. The van der Waals surface area contributed by atoms with Crippen molar-refractivity contribution in [1.29, 1.82) is 5.26 Å². The Kier molecular flexibility index (Phi) is 4.78. The topological polar surface area (TPSA) is 132 Å². The molecule has 8 nitrogen and oxygen atoms in total. The Labute approximate surface area is 170 Å². The number of aliphatic hydroxyl groups is 1. The third-order valence-corrected chi connectivity index (χ3v) is 4.64. The maximum atomic E-state index is 12.5. The molecule has 4 rings (SSSR count). The molecule has 3 N–H and O–H groups in total. The SMILES string of the molecule is C[C@H](OC(=O)c1cc2ccccc2c(=O)[nH]1)/C(O)=C(\C#N)c1nc2ccccc2[nH]1. The molecule has 0 fully saturated rings. The molecule has 0 aliphatic carbocycles. The number of nitrogens with zero attached hydrogens (tertiary/aromatic N) is 2. The number of benzene rings is 2. The Bertz CT molecular complexity index is 1370. The summed E-state index contributed by atoms with van der Waals surface area (Å²) in [6, 6.07) is 17.4. The van der Waals surface area contributed by atoms with E-state index in [0.717, 1.165) is 0 Å². The molecule has 0 radical (unpaired) electrons. The van der Waals surface area contributed by atoms with Crippen LogP contribution in [0.5, 0.6) is 0 Å². The van der Waals surface area contributed by atoms with E-state index < -0.39 is 23.4 Å². The summed E-state index contributed by atoms with van der Waals surface area (Å²) in [4.78, 5) is 34.4. The molecular formula is C22H16N4O4. The van der Waals surface area contributed by atoms with Gasteiger partial charge >= 0.3 is 5.97 Å². The van der Waals surface area contributed by atoms with Gasteiger partial charge in [0, 0.05) is 5.39 Å². The lowest BCUT2D eigenvalue weighted by atomic mass is 10.1. The van der Waals surface area contributed by atoms with Crippen LogP contribution in [0.1, 0.15) is 23.2 Å². The summed E-state index contributed by atoms with van der Waals surface area (Å²) in [6.45, 7) is 1.42. The van der Waals surface area contributed by atoms with Gasteiger partial charge in [-0.2, -0.15) is 5.26 Å². The van der Waals surface area contributed by atoms with Gasteiger partial charge in [0.2, 0.25) is 0 Å². The Balaban J connectivity index is 1.63. The van der Waals surface area contributed by atoms with Crippen molar-refractivity contribution in [3.05, 3.63) is 82.2 Å². The summed E-state index contributed by atoms with van der Waals surface area (Å²) >= 11 is 0. The van der Waals surface area contributed by atoms with Crippen molar-refractivity contribution >= 4 is 33.3 Å². The van der Waals surface area contributed by atoms with Crippen LogP contribution in [0, 0.1) is 11.3 Å². The number of aliphatic hydroxyl groups excluding tert-OH is 1. The molecule has 0 saturated carbocycles. The van der Waals surface area contributed by atoms with E-state index in [9.17, 15) is 20.0 Å². The fourth-order valence-electron chi connectivity index (χ4n) is 3.11. The van der Waals surface area contributed by atoms with Crippen molar-refractivity contribution in [3.8, 4) is 6.07 Å². The van der Waals surface area contributed by atoms with E-state index in [2.05, 4.69) is 15.0 Å². The molecule has 4 aromatic rings. The number of fused-ring (bicyclic) bond motifs is 2. The van der Waals surface area contributed by atoms with E-state index in [4.69, 9.17) is 4.74 Å². The third-order valence-electron chi connectivity index (χ3n) is 4.64. The highest BCUT2D eigenvalue weighted by Crippen LogP contribution is 2.21. The first kappa shape index (κ1) is 19.0. The molecule has 0 amide bonds. The number of esters is 1. The number of ether oxygens (including phenoxy) is 1. The molecule has 1 atom stereocenters. The Morgan fingerprint density at radius 3 is 2.67 bits per heavy atom. The largest absolute Gasteiger partial charge is 0.507 e. The molecule has 2 aromatic carbocycles. The molecule has 0 unspecified atom stereocenters. The summed E-state index contributed by atoms with van der Waals surface area (Å²) in [5, 5.41) is 21.1. The number of para-hydroxylation sites is 2. The molecule has 8 heteroatoms. The van der Waals surface area contributed by atoms with Crippen molar-refractivity contribution in [1.82, 2.24) is 15.0 Å². The Morgan fingerprint density at radius 1 is 1.17 bits per heavy atom.